The second kappa shape index (κ2) is 6.56. The van der Waals surface area contributed by atoms with E-state index in [0.717, 1.165) is 12.8 Å². The molecule has 1 aliphatic carbocycles. The lowest BCUT2D eigenvalue weighted by Crippen LogP contribution is -2.56. The molecule has 1 saturated heterocycles. The molecule has 1 unspecified atom stereocenters. The first-order valence-corrected chi connectivity index (χ1v) is 8.15. The largest absolute Gasteiger partial charge is 0.353 e. The van der Waals surface area contributed by atoms with E-state index in [2.05, 4.69) is 10.6 Å². The highest BCUT2D eigenvalue weighted by Crippen LogP contribution is 2.29. The first kappa shape index (κ1) is 15.8. The Bertz CT molecular complexity index is 576. The lowest BCUT2D eigenvalue weighted by molar-refractivity contribution is -0.135. The molecule has 1 aromatic carbocycles. The molecule has 0 radical (unpaired) electrons. The Kier molecular flexibility index (Phi) is 4.50. The van der Waals surface area contributed by atoms with Crippen molar-refractivity contribution in [2.75, 3.05) is 25.0 Å². The second-order valence-corrected chi connectivity index (χ2v) is 6.44. The molecule has 6 heteroatoms. The van der Waals surface area contributed by atoms with E-state index in [0.29, 0.717) is 31.1 Å². The zero-order valence-electron chi connectivity index (χ0n) is 13.1. The summed E-state index contributed by atoms with van der Waals surface area (Å²) < 4.78 is 15.0. The van der Waals surface area contributed by atoms with Gasteiger partial charge >= 0.3 is 6.03 Å². The maximum atomic E-state index is 15.0. The highest BCUT2D eigenvalue weighted by Gasteiger charge is 2.44. The van der Waals surface area contributed by atoms with Crippen LogP contribution < -0.4 is 10.6 Å². The fourth-order valence-corrected chi connectivity index (χ4v) is 2.81. The number of carbonyl (C=O) groups is 2. The number of urea groups is 1. The minimum atomic E-state index is -1.98. The first-order chi connectivity index (χ1) is 11.1. The van der Waals surface area contributed by atoms with E-state index in [1.54, 1.807) is 12.1 Å². The highest BCUT2D eigenvalue weighted by molar-refractivity contribution is 5.91. The molecule has 1 saturated carbocycles. The molecule has 1 heterocycles. The van der Waals surface area contributed by atoms with Crippen LogP contribution in [0.4, 0.5) is 14.9 Å². The van der Waals surface area contributed by atoms with E-state index in [4.69, 9.17) is 0 Å². The molecule has 5 nitrogen and oxygen atoms in total. The lowest BCUT2D eigenvalue weighted by Gasteiger charge is -2.36. The molecule has 1 aromatic rings. The summed E-state index contributed by atoms with van der Waals surface area (Å²) in [5, 5.41) is 5.43. The van der Waals surface area contributed by atoms with Crippen molar-refractivity contribution in [2.24, 2.45) is 5.92 Å². The van der Waals surface area contributed by atoms with E-state index >= 15 is 0 Å². The first-order valence-electron chi connectivity index (χ1n) is 8.15. The summed E-state index contributed by atoms with van der Waals surface area (Å²) in [7, 11) is 0. The van der Waals surface area contributed by atoms with E-state index < -0.39 is 11.6 Å². The number of benzene rings is 1. The number of amides is 3. The molecule has 0 aromatic heterocycles. The molecule has 1 atom stereocenters. The summed E-state index contributed by atoms with van der Waals surface area (Å²) >= 11 is 0. The van der Waals surface area contributed by atoms with E-state index in [-0.39, 0.29) is 19.0 Å². The van der Waals surface area contributed by atoms with Crippen molar-refractivity contribution in [1.29, 1.82) is 0 Å². The number of hydrogen-bond donors (Lipinski definition) is 2. The van der Waals surface area contributed by atoms with Gasteiger partial charge in [-0.1, -0.05) is 18.2 Å². The van der Waals surface area contributed by atoms with Crippen LogP contribution in [0.25, 0.3) is 0 Å². The van der Waals surface area contributed by atoms with Gasteiger partial charge in [-0.05, 0) is 43.7 Å². The van der Waals surface area contributed by atoms with Crippen LogP contribution in [0.2, 0.25) is 0 Å². The average molecular weight is 319 g/mol. The number of likely N-dealkylation sites (tertiary alicyclic amines) is 1. The van der Waals surface area contributed by atoms with E-state index in [9.17, 15) is 14.0 Å². The number of halogens is 1. The highest BCUT2D eigenvalue weighted by atomic mass is 19.1. The molecular weight excluding hydrogens is 297 g/mol. The van der Waals surface area contributed by atoms with Gasteiger partial charge in [0.2, 0.25) is 5.67 Å². The smallest absolute Gasteiger partial charge is 0.321 e. The van der Waals surface area contributed by atoms with Crippen LogP contribution in [0.15, 0.2) is 30.3 Å². The standard InChI is InChI=1S/C17H22FN3O2/c18-17(15(22)19-11-13-7-8-13)9-4-10-21(12-17)16(23)20-14-5-2-1-3-6-14/h1-3,5-6,13H,4,7-12H2,(H,19,22)(H,20,23). The van der Waals surface area contributed by atoms with Gasteiger partial charge in [-0.3, -0.25) is 4.79 Å². The summed E-state index contributed by atoms with van der Waals surface area (Å²) in [5.74, 6) is -0.0785. The van der Waals surface area contributed by atoms with Gasteiger partial charge in [0.05, 0.1) is 6.54 Å². The zero-order chi connectivity index (χ0) is 16.3. The predicted octanol–water partition coefficient (Wildman–Crippen LogP) is 2.55. The van der Waals surface area contributed by atoms with Crippen LogP contribution in [0.1, 0.15) is 25.7 Å². The SMILES string of the molecule is O=C(Nc1ccccc1)N1CCCC(F)(C(=O)NCC2CC2)C1. The van der Waals surface area contributed by atoms with Gasteiger partial charge in [0.25, 0.3) is 5.91 Å². The van der Waals surface area contributed by atoms with Gasteiger partial charge < -0.3 is 15.5 Å². The minimum absolute atomic E-state index is 0.165. The van der Waals surface area contributed by atoms with Gasteiger partial charge in [0.1, 0.15) is 0 Å². The number of nitrogens with one attached hydrogen (secondary N) is 2. The van der Waals surface area contributed by atoms with Gasteiger partial charge in [-0.25, -0.2) is 9.18 Å². The molecule has 0 bridgehead atoms. The van der Waals surface area contributed by atoms with Crippen LogP contribution in [0.5, 0.6) is 0 Å². The van der Waals surface area contributed by atoms with Crippen LogP contribution in [-0.4, -0.2) is 42.1 Å². The molecule has 2 aliphatic rings. The molecule has 2 fully saturated rings. The molecule has 3 rings (SSSR count). The normalized spacial score (nSPS) is 24.1. The van der Waals surface area contributed by atoms with Gasteiger partial charge in [-0.2, -0.15) is 0 Å². The summed E-state index contributed by atoms with van der Waals surface area (Å²) in [5.41, 5.74) is -1.33. The Morgan fingerprint density at radius 1 is 1.26 bits per heavy atom. The number of nitrogens with zero attached hydrogens (tertiary/aromatic N) is 1. The third kappa shape index (κ3) is 4.00. The number of carbonyl (C=O) groups excluding carboxylic acids is 2. The summed E-state index contributed by atoms with van der Waals surface area (Å²) in [6, 6.07) is 8.66. The minimum Gasteiger partial charge on any atom is -0.353 e. The van der Waals surface area contributed by atoms with Crippen LogP contribution in [0, 0.1) is 5.92 Å². The van der Waals surface area contributed by atoms with Crippen molar-refractivity contribution in [2.45, 2.75) is 31.4 Å². The molecule has 3 amide bonds. The van der Waals surface area contributed by atoms with Crippen molar-refractivity contribution >= 4 is 17.6 Å². The number of rotatable bonds is 4. The number of para-hydroxylation sites is 1. The van der Waals surface area contributed by atoms with Crippen molar-refractivity contribution in [3.8, 4) is 0 Å². The second-order valence-electron chi connectivity index (χ2n) is 6.44. The predicted molar refractivity (Wildman–Crippen MR) is 85.8 cm³/mol. The Morgan fingerprint density at radius 3 is 2.70 bits per heavy atom. The maximum Gasteiger partial charge on any atom is 0.321 e. The lowest BCUT2D eigenvalue weighted by atomic mass is 9.94. The number of hydrogen-bond acceptors (Lipinski definition) is 2. The van der Waals surface area contributed by atoms with Crippen LogP contribution in [0.3, 0.4) is 0 Å². The van der Waals surface area contributed by atoms with Gasteiger partial charge in [0, 0.05) is 18.8 Å². The molecule has 124 valence electrons. The fourth-order valence-electron chi connectivity index (χ4n) is 2.81. The Morgan fingerprint density at radius 2 is 2.00 bits per heavy atom. The zero-order valence-corrected chi connectivity index (χ0v) is 13.1. The maximum absolute atomic E-state index is 15.0. The monoisotopic (exact) mass is 319 g/mol. The average Bonchev–Trinajstić information content (AvgIpc) is 3.38. The van der Waals surface area contributed by atoms with Gasteiger partial charge in [0.15, 0.2) is 0 Å². The Labute approximate surface area is 135 Å². The number of alkyl halides is 1. The molecular formula is C17H22FN3O2. The number of piperidine rings is 1. The molecule has 23 heavy (non-hydrogen) atoms. The summed E-state index contributed by atoms with van der Waals surface area (Å²) in [4.78, 5) is 25.8. The summed E-state index contributed by atoms with van der Waals surface area (Å²) in [6.07, 6.45) is 2.85. The molecule has 1 aliphatic heterocycles. The third-order valence-corrected chi connectivity index (χ3v) is 4.41. The van der Waals surface area contributed by atoms with Crippen molar-refractivity contribution in [3.63, 3.8) is 0 Å². The van der Waals surface area contributed by atoms with E-state index in [1.807, 2.05) is 18.2 Å². The molecule has 2 N–H and O–H groups in total. The molecule has 0 spiro atoms. The topological polar surface area (TPSA) is 61.4 Å². The van der Waals surface area contributed by atoms with Crippen LogP contribution in [-0.2, 0) is 4.79 Å². The van der Waals surface area contributed by atoms with Crippen molar-refractivity contribution in [3.05, 3.63) is 30.3 Å². The Hall–Kier alpha value is -2.11. The van der Waals surface area contributed by atoms with Crippen LogP contribution >= 0.6 is 0 Å². The fraction of sp³-hybridized carbons (Fsp3) is 0.529. The van der Waals surface area contributed by atoms with Gasteiger partial charge in [-0.15, -0.1) is 0 Å². The summed E-state index contributed by atoms with van der Waals surface area (Å²) in [6.45, 7) is 0.809. The third-order valence-electron chi connectivity index (χ3n) is 4.41. The van der Waals surface area contributed by atoms with Crippen molar-refractivity contribution in [1.82, 2.24) is 10.2 Å². The number of anilines is 1. The Balaban J connectivity index is 1.57. The quantitative estimate of drug-likeness (QED) is 0.896. The van der Waals surface area contributed by atoms with E-state index in [1.165, 1.54) is 4.90 Å². The van der Waals surface area contributed by atoms with Crippen molar-refractivity contribution < 1.29 is 14.0 Å².